The Morgan fingerprint density at radius 3 is 2.70 bits per heavy atom. The number of nitrogens with one attached hydrogen (secondary N) is 1. The topological polar surface area (TPSA) is 64.3 Å². The van der Waals surface area contributed by atoms with Gasteiger partial charge >= 0.3 is 0 Å². The molecule has 0 atom stereocenters. The summed E-state index contributed by atoms with van der Waals surface area (Å²) in [6.07, 6.45) is 0. The van der Waals surface area contributed by atoms with E-state index in [1.165, 1.54) is 0 Å². The number of nitrogens with two attached hydrogens (primary N) is 1. The van der Waals surface area contributed by atoms with Crippen LogP contribution in [-0.2, 0) is 0 Å². The molecule has 0 fully saturated rings. The molecule has 20 heavy (non-hydrogen) atoms. The zero-order valence-corrected chi connectivity index (χ0v) is 12.8. The number of carbonyl (C=O) groups is 1. The van der Waals surface area contributed by atoms with Crippen molar-refractivity contribution in [3.8, 4) is 5.75 Å². The molecule has 4 nitrogen and oxygen atoms in total. The fourth-order valence-corrected chi connectivity index (χ4v) is 2.20. The maximum absolute atomic E-state index is 12.3. The van der Waals surface area contributed by atoms with E-state index in [2.05, 4.69) is 21.2 Å². The van der Waals surface area contributed by atoms with Crippen LogP contribution in [0.3, 0.4) is 0 Å². The van der Waals surface area contributed by atoms with Crippen molar-refractivity contribution in [3.05, 3.63) is 52.0 Å². The van der Waals surface area contributed by atoms with Crippen molar-refractivity contribution in [2.24, 2.45) is 0 Å². The number of rotatable bonds is 3. The van der Waals surface area contributed by atoms with E-state index in [9.17, 15) is 4.79 Å². The van der Waals surface area contributed by atoms with Crippen LogP contribution in [0.25, 0.3) is 0 Å². The summed E-state index contributed by atoms with van der Waals surface area (Å²) in [7, 11) is 1.56. The molecule has 0 saturated heterocycles. The van der Waals surface area contributed by atoms with Gasteiger partial charge in [0.15, 0.2) is 0 Å². The van der Waals surface area contributed by atoms with Crippen LogP contribution in [0, 0.1) is 6.92 Å². The average molecular weight is 335 g/mol. The Balaban J connectivity index is 2.30. The zero-order chi connectivity index (χ0) is 14.7. The van der Waals surface area contributed by atoms with Crippen molar-refractivity contribution in [2.45, 2.75) is 6.92 Å². The monoisotopic (exact) mass is 334 g/mol. The lowest BCUT2D eigenvalue weighted by molar-refractivity contribution is 0.102. The summed E-state index contributed by atoms with van der Waals surface area (Å²) >= 11 is 3.36. The SMILES string of the molecule is COc1ccc(Br)c(C(=O)Nc2cc(C)ccc2N)c1. The number of amides is 1. The number of carbonyl (C=O) groups excluding carboxylic acids is 1. The molecule has 2 aromatic carbocycles. The lowest BCUT2D eigenvalue weighted by Crippen LogP contribution is -2.14. The lowest BCUT2D eigenvalue weighted by Gasteiger charge is -2.11. The Morgan fingerprint density at radius 1 is 1.25 bits per heavy atom. The highest BCUT2D eigenvalue weighted by atomic mass is 79.9. The second-order valence-electron chi connectivity index (χ2n) is 4.39. The largest absolute Gasteiger partial charge is 0.497 e. The third-order valence-corrected chi connectivity index (χ3v) is 3.57. The van der Waals surface area contributed by atoms with Gasteiger partial charge in [-0.05, 0) is 58.7 Å². The maximum Gasteiger partial charge on any atom is 0.257 e. The molecule has 0 spiro atoms. The molecule has 3 N–H and O–H groups in total. The first-order valence-corrected chi connectivity index (χ1v) is 6.81. The highest BCUT2D eigenvalue weighted by Crippen LogP contribution is 2.25. The molecular weight excluding hydrogens is 320 g/mol. The van der Waals surface area contributed by atoms with Gasteiger partial charge in [-0.3, -0.25) is 4.79 Å². The van der Waals surface area contributed by atoms with Crippen molar-refractivity contribution in [2.75, 3.05) is 18.2 Å². The van der Waals surface area contributed by atoms with Crippen LogP contribution in [0.5, 0.6) is 5.75 Å². The second-order valence-corrected chi connectivity index (χ2v) is 5.24. The van der Waals surface area contributed by atoms with Gasteiger partial charge in [-0.15, -0.1) is 0 Å². The van der Waals surface area contributed by atoms with Gasteiger partial charge in [0.25, 0.3) is 5.91 Å². The minimum atomic E-state index is -0.243. The van der Waals surface area contributed by atoms with E-state index in [4.69, 9.17) is 10.5 Å². The minimum absolute atomic E-state index is 0.243. The Labute approximate surface area is 126 Å². The standard InChI is InChI=1S/C15H15BrN2O2/c1-9-3-6-13(17)14(7-9)18-15(19)11-8-10(20-2)4-5-12(11)16/h3-8H,17H2,1-2H3,(H,18,19). The number of ether oxygens (including phenoxy) is 1. The van der Waals surface area contributed by atoms with Crippen LogP contribution >= 0.6 is 15.9 Å². The van der Waals surface area contributed by atoms with Crippen molar-refractivity contribution in [1.29, 1.82) is 0 Å². The molecule has 0 unspecified atom stereocenters. The van der Waals surface area contributed by atoms with Crippen LogP contribution < -0.4 is 15.8 Å². The summed E-state index contributed by atoms with van der Waals surface area (Å²) in [4.78, 5) is 12.3. The van der Waals surface area contributed by atoms with E-state index in [0.29, 0.717) is 27.2 Å². The first kappa shape index (κ1) is 14.4. The zero-order valence-electron chi connectivity index (χ0n) is 11.2. The predicted octanol–water partition coefficient (Wildman–Crippen LogP) is 3.60. The number of hydrogen-bond donors (Lipinski definition) is 2. The second kappa shape index (κ2) is 5.96. The Morgan fingerprint density at radius 2 is 2.00 bits per heavy atom. The summed E-state index contributed by atoms with van der Waals surface area (Å²) < 4.78 is 5.82. The van der Waals surface area contributed by atoms with Gasteiger partial charge in [-0.2, -0.15) is 0 Å². The highest BCUT2D eigenvalue weighted by molar-refractivity contribution is 9.10. The van der Waals surface area contributed by atoms with Crippen LogP contribution in [0.1, 0.15) is 15.9 Å². The Hall–Kier alpha value is -2.01. The average Bonchev–Trinajstić information content (AvgIpc) is 2.43. The number of hydrogen-bond acceptors (Lipinski definition) is 3. The molecule has 0 aliphatic carbocycles. The number of anilines is 2. The molecule has 2 aromatic rings. The summed E-state index contributed by atoms with van der Waals surface area (Å²) in [5.41, 5.74) is 8.51. The molecule has 0 heterocycles. The molecular formula is C15H15BrN2O2. The summed E-state index contributed by atoms with van der Waals surface area (Å²) in [6.45, 7) is 1.94. The van der Waals surface area contributed by atoms with Crippen molar-refractivity contribution < 1.29 is 9.53 Å². The molecule has 0 aliphatic heterocycles. The van der Waals surface area contributed by atoms with Gasteiger partial charge < -0.3 is 15.8 Å². The van der Waals surface area contributed by atoms with E-state index in [0.717, 1.165) is 5.56 Å². The summed E-state index contributed by atoms with van der Waals surface area (Å²) in [6, 6.07) is 10.7. The molecule has 104 valence electrons. The Bertz CT molecular complexity index is 656. The van der Waals surface area contributed by atoms with Crippen molar-refractivity contribution >= 4 is 33.2 Å². The predicted molar refractivity (Wildman–Crippen MR) is 84.2 cm³/mol. The molecule has 0 aliphatic rings. The lowest BCUT2D eigenvalue weighted by atomic mass is 10.1. The van der Waals surface area contributed by atoms with Crippen molar-refractivity contribution in [1.82, 2.24) is 0 Å². The van der Waals surface area contributed by atoms with Crippen LogP contribution in [-0.4, -0.2) is 13.0 Å². The van der Waals surface area contributed by atoms with Gasteiger partial charge in [0, 0.05) is 4.47 Å². The first-order chi connectivity index (χ1) is 9.51. The quantitative estimate of drug-likeness (QED) is 0.843. The Kier molecular flexibility index (Phi) is 4.29. The number of aryl methyl sites for hydroxylation is 1. The van der Waals surface area contributed by atoms with Gasteiger partial charge in [-0.25, -0.2) is 0 Å². The molecule has 0 aromatic heterocycles. The van der Waals surface area contributed by atoms with Gasteiger partial charge in [-0.1, -0.05) is 6.07 Å². The van der Waals surface area contributed by atoms with E-state index in [1.807, 2.05) is 19.1 Å². The number of nitrogen functional groups attached to an aromatic ring is 1. The van der Waals surface area contributed by atoms with E-state index >= 15 is 0 Å². The van der Waals surface area contributed by atoms with Gasteiger partial charge in [0.2, 0.25) is 0 Å². The number of methoxy groups -OCH3 is 1. The molecule has 0 bridgehead atoms. The molecule has 1 amide bonds. The molecule has 5 heteroatoms. The van der Waals surface area contributed by atoms with E-state index in [-0.39, 0.29) is 5.91 Å². The number of halogens is 1. The number of benzene rings is 2. The third kappa shape index (κ3) is 3.11. The molecule has 0 saturated carbocycles. The van der Waals surface area contributed by atoms with Crippen LogP contribution in [0.2, 0.25) is 0 Å². The van der Waals surface area contributed by atoms with E-state index < -0.39 is 0 Å². The molecule has 2 rings (SSSR count). The van der Waals surface area contributed by atoms with Gasteiger partial charge in [0.05, 0.1) is 24.0 Å². The first-order valence-electron chi connectivity index (χ1n) is 6.02. The van der Waals surface area contributed by atoms with E-state index in [1.54, 1.807) is 31.4 Å². The smallest absolute Gasteiger partial charge is 0.257 e. The highest BCUT2D eigenvalue weighted by Gasteiger charge is 2.13. The normalized spacial score (nSPS) is 10.2. The maximum atomic E-state index is 12.3. The van der Waals surface area contributed by atoms with Crippen LogP contribution in [0.4, 0.5) is 11.4 Å². The summed E-state index contributed by atoms with van der Waals surface area (Å²) in [5.74, 6) is 0.378. The minimum Gasteiger partial charge on any atom is -0.497 e. The molecule has 0 radical (unpaired) electrons. The summed E-state index contributed by atoms with van der Waals surface area (Å²) in [5, 5.41) is 2.81. The van der Waals surface area contributed by atoms with Gasteiger partial charge in [0.1, 0.15) is 5.75 Å². The van der Waals surface area contributed by atoms with Crippen LogP contribution in [0.15, 0.2) is 40.9 Å². The fourth-order valence-electron chi connectivity index (χ4n) is 1.77. The fraction of sp³-hybridized carbons (Fsp3) is 0.133. The van der Waals surface area contributed by atoms with Crippen molar-refractivity contribution in [3.63, 3.8) is 0 Å². The third-order valence-electron chi connectivity index (χ3n) is 2.88.